The van der Waals surface area contributed by atoms with E-state index in [0.717, 1.165) is 33.9 Å². The summed E-state index contributed by atoms with van der Waals surface area (Å²) in [6, 6.07) is 10.1. The summed E-state index contributed by atoms with van der Waals surface area (Å²) < 4.78 is 10.7. The highest BCUT2D eigenvalue weighted by Gasteiger charge is 2.13. The average Bonchev–Trinajstić information content (AvgIpc) is 3.11. The predicted molar refractivity (Wildman–Crippen MR) is 104 cm³/mol. The number of aryl methyl sites for hydroxylation is 3. The molecule has 0 fully saturated rings. The Kier molecular flexibility index (Phi) is 4.50. The SMILES string of the molecule is Cc1cc(C)c(Nc2nncc(NCc3ccc4c(c3)OCO4)n2)c(C)c1. The van der Waals surface area contributed by atoms with Gasteiger partial charge in [-0.2, -0.15) is 10.1 Å². The molecule has 1 aliphatic rings. The molecule has 7 heteroatoms. The zero-order chi connectivity index (χ0) is 18.8. The molecule has 0 atom stereocenters. The maximum Gasteiger partial charge on any atom is 0.249 e. The molecular weight excluding hydrogens is 342 g/mol. The molecule has 0 saturated carbocycles. The van der Waals surface area contributed by atoms with Crippen LogP contribution in [-0.2, 0) is 6.54 Å². The van der Waals surface area contributed by atoms with Crippen LogP contribution in [0.2, 0.25) is 0 Å². The fourth-order valence-electron chi connectivity index (χ4n) is 3.17. The molecule has 0 amide bonds. The number of ether oxygens (including phenoxy) is 2. The van der Waals surface area contributed by atoms with Gasteiger partial charge in [0, 0.05) is 12.2 Å². The molecule has 0 unspecified atom stereocenters. The molecular formula is C20H21N5O2. The van der Waals surface area contributed by atoms with Crippen molar-refractivity contribution in [3.8, 4) is 11.5 Å². The van der Waals surface area contributed by atoms with Gasteiger partial charge >= 0.3 is 0 Å². The number of nitrogens with zero attached hydrogens (tertiary/aromatic N) is 3. The molecule has 138 valence electrons. The number of rotatable bonds is 5. The first kappa shape index (κ1) is 17.1. The van der Waals surface area contributed by atoms with E-state index in [1.54, 1.807) is 6.20 Å². The third-order valence-electron chi connectivity index (χ3n) is 4.38. The van der Waals surface area contributed by atoms with Crippen molar-refractivity contribution in [3.05, 3.63) is 58.8 Å². The second-order valence-corrected chi connectivity index (χ2v) is 6.61. The van der Waals surface area contributed by atoms with Gasteiger partial charge in [-0.05, 0) is 49.6 Å². The molecule has 0 aliphatic carbocycles. The number of hydrogen-bond acceptors (Lipinski definition) is 7. The lowest BCUT2D eigenvalue weighted by molar-refractivity contribution is 0.174. The highest BCUT2D eigenvalue weighted by molar-refractivity contribution is 5.64. The first-order chi connectivity index (χ1) is 13.1. The third-order valence-corrected chi connectivity index (χ3v) is 4.38. The summed E-state index contributed by atoms with van der Waals surface area (Å²) in [7, 11) is 0. The Bertz CT molecular complexity index is 967. The number of aromatic nitrogens is 3. The largest absolute Gasteiger partial charge is 0.454 e. The van der Waals surface area contributed by atoms with E-state index in [1.807, 2.05) is 18.2 Å². The van der Waals surface area contributed by atoms with Gasteiger partial charge in [-0.3, -0.25) is 0 Å². The van der Waals surface area contributed by atoms with E-state index in [-0.39, 0.29) is 6.79 Å². The molecule has 2 N–H and O–H groups in total. The Morgan fingerprint density at radius 2 is 1.78 bits per heavy atom. The summed E-state index contributed by atoms with van der Waals surface area (Å²) in [4.78, 5) is 4.51. The average molecular weight is 363 g/mol. The van der Waals surface area contributed by atoms with Crippen molar-refractivity contribution in [2.45, 2.75) is 27.3 Å². The van der Waals surface area contributed by atoms with Crippen molar-refractivity contribution < 1.29 is 9.47 Å². The molecule has 3 aromatic rings. The van der Waals surface area contributed by atoms with Gasteiger partial charge in [-0.25, -0.2) is 0 Å². The molecule has 0 radical (unpaired) electrons. The minimum absolute atomic E-state index is 0.273. The van der Waals surface area contributed by atoms with Crippen LogP contribution in [0.5, 0.6) is 11.5 Å². The third kappa shape index (κ3) is 3.76. The Labute approximate surface area is 157 Å². The van der Waals surface area contributed by atoms with Crippen LogP contribution in [0, 0.1) is 20.8 Å². The van der Waals surface area contributed by atoms with E-state index in [1.165, 1.54) is 5.56 Å². The van der Waals surface area contributed by atoms with E-state index >= 15 is 0 Å². The minimum atomic E-state index is 0.273. The molecule has 1 aliphatic heterocycles. The standard InChI is InChI=1S/C20H21N5O2/c1-12-6-13(2)19(14(3)7-12)24-20-23-18(10-22-25-20)21-9-15-4-5-16-17(8-15)27-11-26-16/h4-8,10H,9,11H2,1-3H3,(H2,21,23,24,25). The smallest absolute Gasteiger partial charge is 0.249 e. The van der Waals surface area contributed by atoms with E-state index < -0.39 is 0 Å². The second kappa shape index (κ2) is 7.11. The van der Waals surface area contributed by atoms with Crippen LogP contribution in [0.3, 0.4) is 0 Å². The molecule has 27 heavy (non-hydrogen) atoms. The van der Waals surface area contributed by atoms with Crippen LogP contribution in [0.1, 0.15) is 22.3 Å². The van der Waals surface area contributed by atoms with Gasteiger partial charge in [0.2, 0.25) is 12.7 Å². The summed E-state index contributed by atoms with van der Waals surface area (Å²) in [5, 5.41) is 14.7. The lowest BCUT2D eigenvalue weighted by Crippen LogP contribution is -2.07. The number of hydrogen-bond donors (Lipinski definition) is 2. The molecule has 0 saturated heterocycles. The summed E-state index contributed by atoms with van der Waals surface area (Å²) in [5.74, 6) is 2.65. The van der Waals surface area contributed by atoms with E-state index in [4.69, 9.17) is 9.47 Å². The molecule has 0 bridgehead atoms. The fourth-order valence-corrected chi connectivity index (χ4v) is 3.17. The number of fused-ring (bicyclic) bond motifs is 1. The summed E-state index contributed by atoms with van der Waals surface area (Å²) in [6.45, 7) is 7.09. The maximum absolute atomic E-state index is 5.41. The van der Waals surface area contributed by atoms with Gasteiger partial charge in [0.1, 0.15) is 0 Å². The predicted octanol–water partition coefficient (Wildman–Crippen LogP) is 3.88. The van der Waals surface area contributed by atoms with Crippen molar-refractivity contribution >= 4 is 17.5 Å². The van der Waals surface area contributed by atoms with Crippen molar-refractivity contribution in [2.24, 2.45) is 0 Å². The molecule has 2 aromatic carbocycles. The summed E-state index contributed by atoms with van der Waals surface area (Å²) in [6.07, 6.45) is 1.60. The maximum atomic E-state index is 5.41. The van der Waals surface area contributed by atoms with Crippen molar-refractivity contribution in [2.75, 3.05) is 17.4 Å². The molecule has 0 spiro atoms. The quantitative estimate of drug-likeness (QED) is 0.712. The molecule has 7 nitrogen and oxygen atoms in total. The van der Waals surface area contributed by atoms with Gasteiger partial charge in [0.15, 0.2) is 17.3 Å². The van der Waals surface area contributed by atoms with Crippen molar-refractivity contribution in [1.29, 1.82) is 0 Å². The van der Waals surface area contributed by atoms with Crippen molar-refractivity contribution in [1.82, 2.24) is 15.2 Å². The normalized spacial score (nSPS) is 12.1. The van der Waals surface area contributed by atoms with Crippen LogP contribution >= 0.6 is 0 Å². The first-order valence-electron chi connectivity index (χ1n) is 8.75. The van der Waals surface area contributed by atoms with Crippen LogP contribution in [0.25, 0.3) is 0 Å². The van der Waals surface area contributed by atoms with Gasteiger partial charge in [-0.1, -0.05) is 23.8 Å². The zero-order valence-corrected chi connectivity index (χ0v) is 15.5. The van der Waals surface area contributed by atoms with E-state index in [9.17, 15) is 0 Å². The Balaban J connectivity index is 1.46. The second-order valence-electron chi connectivity index (χ2n) is 6.61. The Morgan fingerprint density at radius 1 is 1.00 bits per heavy atom. The van der Waals surface area contributed by atoms with Crippen LogP contribution in [0.4, 0.5) is 17.5 Å². The molecule has 2 heterocycles. The van der Waals surface area contributed by atoms with E-state index in [0.29, 0.717) is 18.3 Å². The Morgan fingerprint density at radius 3 is 2.59 bits per heavy atom. The Hall–Kier alpha value is -3.35. The van der Waals surface area contributed by atoms with Gasteiger partial charge < -0.3 is 20.1 Å². The fraction of sp³-hybridized carbons (Fsp3) is 0.250. The summed E-state index contributed by atoms with van der Waals surface area (Å²) in [5.41, 5.74) is 5.60. The molecule has 4 rings (SSSR count). The minimum Gasteiger partial charge on any atom is -0.454 e. The highest BCUT2D eigenvalue weighted by Crippen LogP contribution is 2.32. The highest BCUT2D eigenvalue weighted by atomic mass is 16.7. The number of benzene rings is 2. The van der Waals surface area contributed by atoms with Crippen LogP contribution in [-0.4, -0.2) is 22.0 Å². The summed E-state index contributed by atoms with van der Waals surface area (Å²) >= 11 is 0. The molecule has 1 aromatic heterocycles. The zero-order valence-electron chi connectivity index (χ0n) is 15.5. The van der Waals surface area contributed by atoms with Crippen molar-refractivity contribution in [3.63, 3.8) is 0 Å². The topological polar surface area (TPSA) is 81.2 Å². The van der Waals surface area contributed by atoms with Gasteiger partial charge in [-0.15, -0.1) is 5.10 Å². The monoisotopic (exact) mass is 363 g/mol. The lowest BCUT2D eigenvalue weighted by atomic mass is 10.1. The van der Waals surface area contributed by atoms with Crippen LogP contribution in [0.15, 0.2) is 36.5 Å². The van der Waals surface area contributed by atoms with Crippen LogP contribution < -0.4 is 20.1 Å². The van der Waals surface area contributed by atoms with Gasteiger partial charge in [0.05, 0.1) is 6.20 Å². The first-order valence-corrected chi connectivity index (χ1v) is 8.75. The number of anilines is 3. The van der Waals surface area contributed by atoms with Gasteiger partial charge in [0.25, 0.3) is 0 Å². The van der Waals surface area contributed by atoms with E-state index in [2.05, 4.69) is 58.7 Å². The number of nitrogens with one attached hydrogen (secondary N) is 2. The lowest BCUT2D eigenvalue weighted by Gasteiger charge is -2.13.